The molecule has 0 saturated heterocycles. The Bertz CT molecular complexity index is 441. The molecule has 1 nitrogen and oxygen atoms in total. The molecule has 17 heavy (non-hydrogen) atoms. The van der Waals surface area contributed by atoms with Gasteiger partial charge in [0.1, 0.15) is 0 Å². The molecular weight excluding hydrogens is 206 g/mol. The molecule has 0 aromatic heterocycles. The van der Waals surface area contributed by atoms with E-state index in [9.17, 15) is 0 Å². The van der Waals surface area contributed by atoms with Crippen molar-refractivity contribution in [2.75, 3.05) is 0 Å². The normalized spacial score (nSPS) is 10.0. The fraction of sp³-hybridized carbons (Fsp3) is 0.250. The summed E-state index contributed by atoms with van der Waals surface area (Å²) in [5, 5.41) is 0. The van der Waals surface area contributed by atoms with E-state index in [1.165, 1.54) is 22.3 Å². The summed E-state index contributed by atoms with van der Waals surface area (Å²) in [5.41, 5.74) is 11.8. The molecule has 0 heterocycles. The zero-order chi connectivity index (χ0) is 12.8. The van der Waals surface area contributed by atoms with Crippen molar-refractivity contribution >= 4 is 5.57 Å². The highest BCUT2D eigenvalue weighted by Crippen LogP contribution is 2.26. The lowest BCUT2D eigenvalue weighted by Crippen LogP contribution is -2.07. The molecule has 90 valence electrons. The number of nitrogens with two attached hydrogens (primary N) is 1. The Kier molecular flexibility index (Phi) is 4.92. The van der Waals surface area contributed by atoms with E-state index < -0.39 is 0 Å². The van der Waals surface area contributed by atoms with E-state index in [1.807, 2.05) is 19.1 Å². The van der Waals surface area contributed by atoms with E-state index in [-0.39, 0.29) is 0 Å². The van der Waals surface area contributed by atoms with Crippen molar-refractivity contribution in [3.8, 4) is 0 Å². The summed E-state index contributed by atoms with van der Waals surface area (Å²) >= 11 is 0. The van der Waals surface area contributed by atoms with Gasteiger partial charge in [0.2, 0.25) is 0 Å². The highest BCUT2D eigenvalue weighted by Gasteiger charge is 2.11. The second kappa shape index (κ2) is 6.21. The van der Waals surface area contributed by atoms with Gasteiger partial charge in [-0.3, -0.25) is 0 Å². The van der Waals surface area contributed by atoms with Gasteiger partial charge in [-0.2, -0.15) is 0 Å². The Morgan fingerprint density at radius 2 is 1.71 bits per heavy atom. The predicted molar refractivity (Wildman–Crippen MR) is 76.8 cm³/mol. The Morgan fingerprint density at radius 1 is 1.18 bits per heavy atom. The zero-order valence-electron chi connectivity index (χ0n) is 10.6. The van der Waals surface area contributed by atoms with Gasteiger partial charge < -0.3 is 5.73 Å². The lowest BCUT2D eigenvalue weighted by atomic mass is 9.89. The van der Waals surface area contributed by atoms with Gasteiger partial charge in [0.15, 0.2) is 0 Å². The first-order valence-electron chi connectivity index (χ1n) is 5.87. The molecule has 0 saturated carbocycles. The van der Waals surface area contributed by atoms with Crippen LogP contribution >= 0.6 is 0 Å². The molecule has 1 aromatic carbocycles. The van der Waals surface area contributed by atoms with Gasteiger partial charge in [-0.25, -0.2) is 0 Å². The minimum Gasteiger partial charge on any atom is -0.326 e. The second-order valence-electron chi connectivity index (χ2n) is 4.21. The average molecular weight is 227 g/mol. The van der Waals surface area contributed by atoms with E-state index in [4.69, 9.17) is 5.73 Å². The molecule has 0 aliphatic carbocycles. The van der Waals surface area contributed by atoms with Gasteiger partial charge in [0.05, 0.1) is 0 Å². The fourth-order valence-electron chi connectivity index (χ4n) is 2.18. The van der Waals surface area contributed by atoms with Crippen molar-refractivity contribution in [1.29, 1.82) is 0 Å². The van der Waals surface area contributed by atoms with Crippen LogP contribution in [0.25, 0.3) is 5.57 Å². The van der Waals surface area contributed by atoms with Crippen LogP contribution in [-0.2, 0) is 19.4 Å². The third kappa shape index (κ3) is 2.95. The Balaban J connectivity index is 3.42. The quantitative estimate of drug-likeness (QED) is 0.738. The number of hydrogen-bond donors (Lipinski definition) is 1. The molecule has 1 aromatic rings. The average Bonchev–Trinajstić information content (AvgIpc) is 2.30. The molecule has 0 radical (unpaired) electrons. The van der Waals surface area contributed by atoms with Crippen molar-refractivity contribution in [1.82, 2.24) is 0 Å². The van der Waals surface area contributed by atoms with Crippen LogP contribution in [0.3, 0.4) is 0 Å². The van der Waals surface area contributed by atoms with Crippen molar-refractivity contribution in [2.24, 2.45) is 5.73 Å². The number of rotatable bonds is 6. The van der Waals surface area contributed by atoms with Crippen LogP contribution in [0.4, 0.5) is 0 Å². The predicted octanol–water partition coefficient (Wildman–Crippen LogP) is 3.64. The van der Waals surface area contributed by atoms with Crippen LogP contribution in [0.1, 0.15) is 29.2 Å². The SMILES string of the molecule is C=CCc1ccc(CC=C)c(C(=C)C)c1CN. The van der Waals surface area contributed by atoms with Crippen molar-refractivity contribution in [3.05, 3.63) is 66.3 Å². The summed E-state index contributed by atoms with van der Waals surface area (Å²) in [6.07, 6.45) is 5.52. The van der Waals surface area contributed by atoms with Crippen molar-refractivity contribution in [3.63, 3.8) is 0 Å². The second-order valence-corrected chi connectivity index (χ2v) is 4.21. The minimum absolute atomic E-state index is 0.538. The highest BCUT2D eigenvalue weighted by atomic mass is 14.5. The van der Waals surface area contributed by atoms with Gasteiger partial charge in [0.25, 0.3) is 0 Å². The largest absolute Gasteiger partial charge is 0.326 e. The molecule has 1 rings (SSSR count). The lowest BCUT2D eigenvalue weighted by molar-refractivity contribution is 1.01. The number of hydrogen-bond acceptors (Lipinski definition) is 1. The van der Waals surface area contributed by atoms with Crippen molar-refractivity contribution < 1.29 is 0 Å². The van der Waals surface area contributed by atoms with Crippen LogP contribution in [0.2, 0.25) is 0 Å². The zero-order valence-corrected chi connectivity index (χ0v) is 10.6. The monoisotopic (exact) mass is 227 g/mol. The van der Waals surface area contributed by atoms with Crippen molar-refractivity contribution in [2.45, 2.75) is 26.3 Å². The molecule has 0 unspecified atom stereocenters. The first kappa shape index (κ1) is 13.5. The maximum absolute atomic E-state index is 5.88. The van der Waals surface area contributed by atoms with Crippen LogP contribution in [0.5, 0.6) is 0 Å². The number of allylic oxidation sites excluding steroid dienone is 3. The molecule has 0 amide bonds. The van der Waals surface area contributed by atoms with E-state index in [2.05, 4.69) is 31.9 Å². The van der Waals surface area contributed by atoms with E-state index in [0.717, 1.165) is 18.4 Å². The van der Waals surface area contributed by atoms with E-state index >= 15 is 0 Å². The highest BCUT2D eigenvalue weighted by molar-refractivity contribution is 5.69. The third-order valence-electron chi connectivity index (χ3n) is 2.86. The molecule has 0 aliphatic heterocycles. The smallest absolute Gasteiger partial charge is 0.0187 e. The first-order valence-corrected chi connectivity index (χ1v) is 5.87. The van der Waals surface area contributed by atoms with Gasteiger partial charge >= 0.3 is 0 Å². The maximum Gasteiger partial charge on any atom is 0.0187 e. The van der Waals surface area contributed by atoms with Gasteiger partial charge in [-0.05, 0) is 42.0 Å². The fourth-order valence-corrected chi connectivity index (χ4v) is 2.18. The summed E-state index contributed by atoms with van der Waals surface area (Å²) < 4.78 is 0. The molecule has 0 aliphatic rings. The summed E-state index contributed by atoms with van der Waals surface area (Å²) in [6, 6.07) is 4.28. The molecule has 0 spiro atoms. The summed E-state index contributed by atoms with van der Waals surface area (Å²) in [5.74, 6) is 0. The number of benzene rings is 1. The Hall–Kier alpha value is -1.60. The van der Waals surface area contributed by atoms with Gasteiger partial charge in [-0.1, -0.05) is 36.4 Å². The molecule has 2 N–H and O–H groups in total. The topological polar surface area (TPSA) is 26.0 Å². The minimum atomic E-state index is 0.538. The van der Waals surface area contributed by atoms with Crippen LogP contribution in [0, 0.1) is 0 Å². The Labute approximate surface area is 104 Å². The third-order valence-corrected chi connectivity index (χ3v) is 2.86. The first-order chi connectivity index (χ1) is 8.15. The van der Waals surface area contributed by atoms with Gasteiger partial charge in [0, 0.05) is 6.54 Å². The molecular formula is C16H21N. The Morgan fingerprint density at radius 3 is 2.18 bits per heavy atom. The van der Waals surface area contributed by atoms with Crippen LogP contribution < -0.4 is 5.73 Å². The summed E-state index contributed by atoms with van der Waals surface area (Å²) in [7, 11) is 0. The van der Waals surface area contributed by atoms with E-state index in [1.54, 1.807) is 0 Å². The van der Waals surface area contributed by atoms with E-state index in [0.29, 0.717) is 6.54 Å². The van der Waals surface area contributed by atoms with Gasteiger partial charge in [-0.15, -0.1) is 13.2 Å². The standard InChI is InChI=1S/C16H21N/c1-5-7-13-9-10-14(8-6-2)16(12(3)4)15(13)11-17/h5-6,9-10H,1-3,7-8,11,17H2,4H3. The van der Waals surface area contributed by atoms with Crippen LogP contribution in [-0.4, -0.2) is 0 Å². The molecule has 0 bridgehead atoms. The maximum atomic E-state index is 5.88. The molecule has 0 fully saturated rings. The molecule has 1 heteroatoms. The van der Waals surface area contributed by atoms with Crippen LogP contribution in [0.15, 0.2) is 44.0 Å². The summed E-state index contributed by atoms with van der Waals surface area (Å²) in [4.78, 5) is 0. The lowest BCUT2D eigenvalue weighted by Gasteiger charge is -2.17. The molecule has 0 atom stereocenters. The summed E-state index contributed by atoms with van der Waals surface area (Å²) in [6.45, 7) is 14.2.